The number of hydrogen-bond donors (Lipinski definition) is 2. The van der Waals surface area contributed by atoms with Crippen LogP contribution in [-0.2, 0) is 0 Å². The Morgan fingerprint density at radius 2 is 1.62 bits per heavy atom. The lowest BCUT2D eigenvalue weighted by Crippen LogP contribution is -2.26. The van der Waals surface area contributed by atoms with Crippen LogP contribution in [0.2, 0.25) is 0 Å². The number of nitrogens with one attached hydrogen (secondary N) is 1. The Morgan fingerprint density at radius 3 is 2.29 bits per heavy atom. The first-order chi connectivity index (χ1) is 10.3. The first-order valence-corrected chi connectivity index (χ1v) is 7.10. The molecule has 4 nitrogen and oxygen atoms in total. The van der Waals surface area contributed by atoms with Gasteiger partial charge in [0.2, 0.25) is 0 Å². The fraction of sp³-hybridized carbons (Fsp3) is 0.294. The molecule has 0 saturated heterocycles. The van der Waals surface area contributed by atoms with Crippen molar-refractivity contribution in [2.45, 2.75) is 13.0 Å². The highest BCUT2D eigenvalue weighted by atomic mass is 16.5. The van der Waals surface area contributed by atoms with Gasteiger partial charge in [0.25, 0.3) is 0 Å². The molecule has 2 N–H and O–H groups in total. The van der Waals surface area contributed by atoms with Gasteiger partial charge in [-0.2, -0.15) is 0 Å². The molecule has 0 aliphatic carbocycles. The molecule has 0 aliphatic heterocycles. The molecule has 4 heteroatoms. The van der Waals surface area contributed by atoms with Crippen LogP contribution in [-0.4, -0.2) is 31.0 Å². The molecule has 1 atom stereocenters. The van der Waals surface area contributed by atoms with Gasteiger partial charge in [0, 0.05) is 12.2 Å². The number of benzene rings is 2. The second-order valence-corrected chi connectivity index (χ2v) is 4.62. The summed E-state index contributed by atoms with van der Waals surface area (Å²) in [5, 5.41) is 13.1. The standard InChI is InChI=1S/C17H21NO3/c1-2-20-17-10-8-14(9-11-17)18-12-15(19)13-21-16-6-4-3-5-7-16/h3-11,15,18-19H,2,12-13H2,1H3. The number of hydrogen-bond acceptors (Lipinski definition) is 4. The highest BCUT2D eigenvalue weighted by Gasteiger charge is 2.05. The van der Waals surface area contributed by atoms with Crippen LogP contribution in [0.4, 0.5) is 5.69 Å². The van der Waals surface area contributed by atoms with Crippen LogP contribution < -0.4 is 14.8 Å². The third-order valence-electron chi connectivity index (χ3n) is 2.89. The number of rotatable bonds is 8. The van der Waals surface area contributed by atoms with E-state index in [1.807, 2.05) is 61.5 Å². The van der Waals surface area contributed by atoms with Gasteiger partial charge in [-0.05, 0) is 43.3 Å². The van der Waals surface area contributed by atoms with Crippen LogP contribution in [0.5, 0.6) is 11.5 Å². The molecule has 0 bridgehead atoms. The minimum atomic E-state index is -0.572. The van der Waals surface area contributed by atoms with Crippen molar-refractivity contribution in [3.8, 4) is 11.5 Å². The molecule has 2 aromatic rings. The maximum Gasteiger partial charge on any atom is 0.119 e. The number of para-hydroxylation sites is 1. The molecular weight excluding hydrogens is 266 g/mol. The predicted octanol–water partition coefficient (Wildman–Crippen LogP) is 2.94. The van der Waals surface area contributed by atoms with E-state index in [0.29, 0.717) is 13.2 Å². The van der Waals surface area contributed by atoms with E-state index in [1.165, 1.54) is 0 Å². The maximum atomic E-state index is 9.90. The molecule has 0 aliphatic rings. The molecular formula is C17H21NO3. The van der Waals surface area contributed by atoms with Crippen molar-refractivity contribution < 1.29 is 14.6 Å². The fourth-order valence-corrected chi connectivity index (χ4v) is 1.84. The maximum absolute atomic E-state index is 9.90. The highest BCUT2D eigenvalue weighted by Crippen LogP contribution is 2.15. The molecule has 112 valence electrons. The largest absolute Gasteiger partial charge is 0.494 e. The van der Waals surface area contributed by atoms with Crippen molar-refractivity contribution in [1.29, 1.82) is 0 Å². The average Bonchev–Trinajstić information content (AvgIpc) is 2.53. The third-order valence-corrected chi connectivity index (χ3v) is 2.89. The van der Waals surface area contributed by atoms with Gasteiger partial charge in [-0.3, -0.25) is 0 Å². The summed E-state index contributed by atoms with van der Waals surface area (Å²) in [5.74, 6) is 1.61. The minimum Gasteiger partial charge on any atom is -0.494 e. The van der Waals surface area contributed by atoms with Gasteiger partial charge in [-0.1, -0.05) is 18.2 Å². The van der Waals surface area contributed by atoms with Crippen LogP contribution in [0.25, 0.3) is 0 Å². The summed E-state index contributed by atoms with van der Waals surface area (Å²) >= 11 is 0. The van der Waals surface area contributed by atoms with E-state index in [1.54, 1.807) is 0 Å². The zero-order valence-corrected chi connectivity index (χ0v) is 12.2. The summed E-state index contributed by atoms with van der Waals surface area (Å²) in [6.45, 7) is 3.30. The van der Waals surface area contributed by atoms with Crippen molar-refractivity contribution in [1.82, 2.24) is 0 Å². The molecule has 0 amide bonds. The molecule has 0 spiro atoms. The van der Waals surface area contributed by atoms with Gasteiger partial charge in [0.15, 0.2) is 0 Å². The zero-order valence-electron chi connectivity index (χ0n) is 12.2. The summed E-state index contributed by atoms with van der Waals surface area (Å²) in [5.41, 5.74) is 0.942. The molecule has 0 saturated carbocycles. The lowest BCUT2D eigenvalue weighted by molar-refractivity contribution is 0.117. The normalized spacial score (nSPS) is 11.7. The molecule has 2 aromatic carbocycles. The van der Waals surface area contributed by atoms with Gasteiger partial charge < -0.3 is 19.9 Å². The quantitative estimate of drug-likeness (QED) is 0.784. The van der Waals surface area contributed by atoms with Crippen molar-refractivity contribution in [2.24, 2.45) is 0 Å². The van der Waals surface area contributed by atoms with Gasteiger partial charge in [0.1, 0.15) is 24.2 Å². The predicted molar refractivity (Wildman–Crippen MR) is 84.0 cm³/mol. The Kier molecular flexibility index (Phi) is 5.91. The molecule has 0 fully saturated rings. The van der Waals surface area contributed by atoms with Gasteiger partial charge in [-0.25, -0.2) is 0 Å². The average molecular weight is 287 g/mol. The molecule has 21 heavy (non-hydrogen) atoms. The van der Waals surface area contributed by atoms with Crippen LogP contribution in [0.3, 0.4) is 0 Å². The second-order valence-electron chi connectivity index (χ2n) is 4.62. The van der Waals surface area contributed by atoms with Crippen molar-refractivity contribution in [2.75, 3.05) is 25.1 Å². The van der Waals surface area contributed by atoms with Gasteiger partial charge >= 0.3 is 0 Å². The van der Waals surface area contributed by atoms with Crippen LogP contribution in [0.15, 0.2) is 54.6 Å². The van der Waals surface area contributed by atoms with E-state index in [4.69, 9.17) is 9.47 Å². The van der Waals surface area contributed by atoms with E-state index < -0.39 is 6.10 Å². The second kappa shape index (κ2) is 8.17. The van der Waals surface area contributed by atoms with Crippen molar-refractivity contribution >= 4 is 5.69 Å². The van der Waals surface area contributed by atoms with Crippen molar-refractivity contribution in [3.63, 3.8) is 0 Å². The van der Waals surface area contributed by atoms with Gasteiger partial charge in [-0.15, -0.1) is 0 Å². The molecule has 2 rings (SSSR count). The Morgan fingerprint density at radius 1 is 0.952 bits per heavy atom. The molecule has 1 unspecified atom stereocenters. The van der Waals surface area contributed by atoms with E-state index >= 15 is 0 Å². The smallest absolute Gasteiger partial charge is 0.119 e. The monoisotopic (exact) mass is 287 g/mol. The Hall–Kier alpha value is -2.20. The van der Waals surface area contributed by atoms with E-state index in [2.05, 4.69) is 5.32 Å². The Labute approximate surface area is 125 Å². The summed E-state index contributed by atoms with van der Waals surface area (Å²) in [6, 6.07) is 17.1. The molecule has 0 heterocycles. The minimum absolute atomic E-state index is 0.258. The topological polar surface area (TPSA) is 50.7 Å². The fourth-order valence-electron chi connectivity index (χ4n) is 1.84. The highest BCUT2D eigenvalue weighted by molar-refractivity contribution is 5.46. The number of anilines is 1. The van der Waals surface area contributed by atoms with Crippen LogP contribution >= 0.6 is 0 Å². The first kappa shape index (κ1) is 15.2. The first-order valence-electron chi connectivity index (χ1n) is 7.10. The summed E-state index contributed by atoms with van der Waals surface area (Å²) < 4.78 is 10.9. The molecule has 0 radical (unpaired) electrons. The number of ether oxygens (including phenoxy) is 2. The summed E-state index contributed by atoms with van der Waals surface area (Å²) in [6.07, 6.45) is -0.572. The molecule has 0 aromatic heterocycles. The zero-order chi connectivity index (χ0) is 14.9. The van der Waals surface area contributed by atoms with Crippen molar-refractivity contribution in [3.05, 3.63) is 54.6 Å². The lowest BCUT2D eigenvalue weighted by Gasteiger charge is -2.14. The third kappa shape index (κ3) is 5.36. The van der Waals surface area contributed by atoms with Crippen LogP contribution in [0.1, 0.15) is 6.92 Å². The number of aliphatic hydroxyl groups is 1. The van der Waals surface area contributed by atoms with E-state index in [-0.39, 0.29) is 6.61 Å². The SMILES string of the molecule is CCOc1ccc(NCC(O)COc2ccccc2)cc1. The number of aliphatic hydroxyl groups excluding tert-OH is 1. The summed E-state index contributed by atoms with van der Waals surface area (Å²) in [4.78, 5) is 0. The van der Waals surface area contributed by atoms with E-state index in [0.717, 1.165) is 17.2 Å². The van der Waals surface area contributed by atoms with Gasteiger partial charge in [0.05, 0.1) is 6.61 Å². The summed E-state index contributed by atoms with van der Waals surface area (Å²) in [7, 11) is 0. The Bertz CT molecular complexity index is 513. The Balaban J connectivity index is 1.72. The van der Waals surface area contributed by atoms with Crippen LogP contribution in [0, 0.1) is 0 Å². The lowest BCUT2D eigenvalue weighted by atomic mass is 10.3. The van der Waals surface area contributed by atoms with E-state index in [9.17, 15) is 5.11 Å².